The SMILES string of the molecule is CCN(c1cccc(CN(C(=O)c2cnc[nH]2)c2ccc(F)cc2)c1)C1CC1. The first kappa shape index (κ1) is 18.2. The summed E-state index contributed by atoms with van der Waals surface area (Å²) >= 11 is 0. The van der Waals surface area contributed by atoms with E-state index in [1.54, 1.807) is 17.0 Å². The number of amides is 1. The van der Waals surface area contributed by atoms with E-state index in [1.807, 2.05) is 12.1 Å². The molecule has 0 atom stereocenters. The molecule has 6 heteroatoms. The fourth-order valence-electron chi connectivity index (χ4n) is 3.47. The van der Waals surface area contributed by atoms with Crippen LogP contribution in [-0.2, 0) is 6.54 Å². The van der Waals surface area contributed by atoms with Crippen LogP contribution in [0.15, 0.2) is 61.1 Å². The summed E-state index contributed by atoms with van der Waals surface area (Å²) in [5.41, 5.74) is 3.24. The number of rotatable bonds is 7. The van der Waals surface area contributed by atoms with Crippen LogP contribution in [0, 0.1) is 5.82 Å². The molecular formula is C22H23FN4O. The van der Waals surface area contributed by atoms with Crippen LogP contribution in [0.5, 0.6) is 0 Å². The predicted molar refractivity (Wildman–Crippen MR) is 108 cm³/mol. The summed E-state index contributed by atoms with van der Waals surface area (Å²) in [5, 5.41) is 0. The lowest BCUT2D eigenvalue weighted by molar-refractivity contribution is 0.0981. The molecule has 4 rings (SSSR count). The summed E-state index contributed by atoms with van der Waals surface area (Å²) in [5.74, 6) is -0.535. The van der Waals surface area contributed by atoms with E-state index in [1.165, 1.54) is 43.2 Å². The van der Waals surface area contributed by atoms with Crippen LogP contribution < -0.4 is 9.80 Å². The molecule has 0 saturated heterocycles. The summed E-state index contributed by atoms with van der Waals surface area (Å²) in [4.78, 5) is 23.9. The quantitative estimate of drug-likeness (QED) is 0.664. The van der Waals surface area contributed by atoms with Gasteiger partial charge in [-0.3, -0.25) is 4.79 Å². The molecule has 3 aromatic rings. The maximum Gasteiger partial charge on any atom is 0.276 e. The van der Waals surface area contributed by atoms with Crippen molar-refractivity contribution in [2.45, 2.75) is 32.4 Å². The average molecular weight is 378 g/mol. The predicted octanol–water partition coefficient (Wildman–Crippen LogP) is 4.38. The van der Waals surface area contributed by atoms with Gasteiger partial charge in [0.2, 0.25) is 0 Å². The van der Waals surface area contributed by atoms with Crippen molar-refractivity contribution in [2.24, 2.45) is 0 Å². The number of nitrogens with one attached hydrogen (secondary N) is 1. The maximum atomic E-state index is 13.4. The Balaban J connectivity index is 1.64. The first-order chi connectivity index (χ1) is 13.7. The van der Waals surface area contributed by atoms with Crippen molar-refractivity contribution in [3.8, 4) is 0 Å². The van der Waals surface area contributed by atoms with Crippen molar-refractivity contribution in [1.82, 2.24) is 9.97 Å². The highest BCUT2D eigenvalue weighted by atomic mass is 19.1. The summed E-state index contributed by atoms with van der Waals surface area (Å²) < 4.78 is 13.4. The van der Waals surface area contributed by atoms with Gasteiger partial charge in [0.05, 0.1) is 19.1 Å². The summed E-state index contributed by atoms with van der Waals surface area (Å²) in [6.07, 6.45) is 5.45. The van der Waals surface area contributed by atoms with E-state index in [2.05, 4.69) is 33.9 Å². The molecule has 1 aromatic heterocycles. The van der Waals surface area contributed by atoms with Gasteiger partial charge in [-0.05, 0) is 61.7 Å². The molecule has 0 aliphatic heterocycles. The molecule has 1 aliphatic rings. The van der Waals surface area contributed by atoms with Gasteiger partial charge in [0.15, 0.2) is 0 Å². The van der Waals surface area contributed by atoms with Gasteiger partial charge in [-0.2, -0.15) is 0 Å². The standard InChI is InChI=1S/C22H23FN4O/c1-2-26(18-10-11-18)20-5-3-4-16(12-20)14-27(19-8-6-17(23)7-9-19)22(28)21-13-24-15-25-21/h3-9,12-13,15,18H,2,10-11,14H2,1H3,(H,24,25). The Kier molecular flexibility index (Phi) is 5.10. The van der Waals surface area contributed by atoms with Gasteiger partial charge in [0.1, 0.15) is 11.5 Å². The fourth-order valence-corrected chi connectivity index (χ4v) is 3.47. The minimum atomic E-state index is -0.331. The van der Waals surface area contributed by atoms with Crippen LogP contribution in [0.25, 0.3) is 0 Å². The smallest absolute Gasteiger partial charge is 0.276 e. The molecule has 0 unspecified atom stereocenters. The van der Waals surface area contributed by atoms with Crippen molar-refractivity contribution >= 4 is 17.3 Å². The van der Waals surface area contributed by atoms with E-state index >= 15 is 0 Å². The number of H-pyrrole nitrogens is 1. The molecule has 1 N–H and O–H groups in total. The van der Waals surface area contributed by atoms with Crippen molar-refractivity contribution in [3.63, 3.8) is 0 Å². The summed E-state index contributed by atoms with van der Waals surface area (Å²) in [7, 11) is 0. The van der Waals surface area contributed by atoms with Gasteiger partial charge in [-0.15, -0.1) is 0 Å². The highest BCUT2D eigenvalue weighted by Gasteiger charge is 2.28. The minimum absolute atomic E-state index is 0.205. The molecule has 0 bridgehead atoms. The number of anilines is 2. The average Bonchev–Trinajstić information content (AvgIpc) is 3.39. The number of carbonyl (C=O) groups is 1. The van der Waals surface area contributed by atoms with Gasteiger partial charge in [-0.1, -0.05) is 12.1 Å². The normalized spacial score (nSPS) is 13.4. The lowest BCUT2D eigenvalue weighted by Gasteiger charge is -2.25. The Morgan fingerprint density at radius 2 is 1.96 bits per heavy atom. The molecule has 1 heterocycles. The van der Waals surface area contributed by atoms with E-state index in [4.69, 9.17) is 0 Å². The molecule has 1 fully saturated rings. The Morgan fingerprint density at radius 3 is 2.61 bits per heavy atom. The van der Waals surface area contributed by atoms with E-state index in [-0.39, 0.29) is 11.7 Å². The van der Waals surface area contributed by atoms with E-state index in [0.29, 0.717) is 24.0 Å². The highest BCUT2D eigenvalue weighted by Crippen LogP contribution is 2.32. The van der Waals surface area contributed by atoms with Gasteiger partial charge in [0, 0.05) is 24.0 Å². The highest BCUT2D eigenvalue weighted by molar-refractivity contribution is 6.04. The van der Waals surface area contributed by atoms with Gasteiger partial charge >= 0.3 is 0 Å². The molecular weight excluding hydrogens is 355 g/mol. The van der Waals surface area contributed by atoms with Gasteiger partial charge in [0.25, 0.3) is 5.91 Å². The van der Waals surface area contributed by atoms with Crippen LogP contribution in [0.4, 0.5) is 15.8 Å². The number of nitrogens with zero attached hydrogens (tertiary/aromatic N) is 3. The molecule has 0 spiro atoms. The molecule has 1 aliphatic carbocycles. The van der Waals surface area contributed by atoms with Crippen molar-refractivity contribution in [1.29, 1.82) is 0 Å². The third-order valence-electron chi connectivity index (χ3n) is 5.02. The third kappa shape index (κ3) is 3.91. The second-order valence-electron chi connectivity index (χ2n) is 7.02. The number of imidazole rings is 1. The number of halogens is 1. The molecule has 144 valence electrons. The number of carbonyl (C=O) groups excluding carboxylic acids is 1. The van der Waals surface area contributed by atoms with Crippen molar-refractivity contribution in [2.75, 3.05) is 16.3 Å². The molecule has 2 aromatic carbocycles. The van der Waals surface area contributed by atoms with Crippen molar-refractivity contribution < 1.29 is 9.18 Å². The lowest BCUT2D eigenvalue weighted by atomic mass is 10.1. The number of aromatic amines is 1. The zero-order valence-electron chi connectivity index (χ0n) is 15.8. The molecule has 5 nitrogen and oxygen atoms in total. The molecule has 1 saturated carbocycles. The first-order valence-electron chi connectivity index (χ1n) is 9.57. The van der Waals surface area contributed by atoms with Crippen LogP contribution in [0.2, 0.25) is 0 Å². The lowest BCUT2D eigenvalue weighted by Crippen LogP contribution is -2.31. The second-order valence-corrected chi connectivity index (χ2v) is 7.02. The number of hydrogen-bond acceptors (Lipinski definition) is 3. The van der Waals surface area contributed by atoms with Crippen LogP contribution in [-0.4, -0.2) is 28.5 Å². The molecule has 1 amide bonds. The number of aromatic nitrogens is 2. The monoisotopic (exact) mass is 378 g/mol. The van der Waals surface area contributed by atoms with E-state index in [0.717, 1.165) is 12.1 Å². The number of hydrogen-bond donors (Lipinski definition) is 1. The van der Waals surface area contributed by atoms with Crippen LogP contribution >= 0.6 is 0 Å². The minimum Gasteiger partial charge on any atom is -0.369 e. The third-order valence-corrected chi connectivity index (χ3v) is 5.02. The van der Waals surface area contributed by atoms with E-state index < -0.39 is 0 Å². The molecule has 28 heavy (non-hydrogen) atoms. The Morgan fingerprint density at radius 1 is 1.18 bits per heavy atom. The maximum absolute atomic E-state index is 13.4. The van der Waals surface area contributed by atoms with Gasteiger partial charge in [-0.25, -0.2) is 9.37 Å². The zero-order chi connectivity index (χ0) is 19.5. The zero-order valence-corrected chi connectivity index (χ0v) is 15.8. The van der Waals surface area contributed by atoms with Crippen molar-refractivity contribution in [3.05, 3.63) is 78.1 Å². The summed E-state index contributed by atoms with van der Waals surface area (Å²) in [6.45, 7) is 3.51. The first-order valence-corrected chi connectivity index (χ1v) is 9.57. The Hall–Kier alpha value is -3.15. The fraction of sp³-hybridized carbons (Fsp3) is 0.273. The summed E-state index contributed by atoms with van der Waals surface area (Å²) in [6, 6.07) is 14.9. The molecule has 0 radical (unpaired) electrons. The van der Waals surface area contributed by atoms with E-state index in [9.17, 15) is 9.18 Å². The Labute approximate surface area is 163 Å². The van der Waals surface area contributed by atoms with Crippen LogP contribution in [0.3, 0.4) is 0 Å². The topological polar surface area (TPSA) is 52.2 Å². The Bertz CT molecular complexity index is 935. The second kappa shape index (κ2) is 7.84. The number of benzene rings is 2. The van der Waals surface area contributed by atoms with Crippen LogP contribution in [0.1, 0.15) is 35.8 Å². The van der Waals surface area contributed by atoms with Gasteiger partial charge < -0.3 is 14.8 Å². The largest absolute Gasteiger partial charge is 0.369 e.